The lowest BCUT2D eigenvalue weighted by Crippen LogP contribution is -2.41. The summed E-state index contributed by atoms with van der Waals surface area (Å²) in [7, 11) is 1.72. The maximum absolute atomic E-state index is 12.5. The molecular formula is C18H15N3O3. The number of aryl methyl sites for hydroxylation is 1. The van der Waals surface area contributed by atoms with Crippen LogP contribution >= 0.6 is 0 Å². The molecule has 1 aromatic heterocycles. The minimum absolute atomic E-state index is 0.0214. The number of nitrogens with one attached hydrogen (secondary N) is 2. The van der Waals surface area contributed by atoms with Gasteiger partial charge in [0.25, 0.3) is 11.1 Å². The number of aromatic nitrogens is 2. The summed E-state index contributed by atoms with van der Waals surface area (Å²) in [4.78, 5) is 23.6. The summed E-state index contributed by atoms with van der Waals surface area (Å²) >= 11 is 0. The second kappa shape index (κ2) is 6.37. The molecule has 120 valence electrons. The molecule has 6 heteroatoms. The van der Waals surface area contributed by atoms with Crippen molar-refractivity contribution in [3.8, 4) is 11.3 Å². The van der Waals surface area contributed by atoms with E-state index >= 15 is 0 Å². The quantitative estimate of drug-likeness (QED) is 0.701. The van der Waals surface area contributed by atoms with E-state index in [1.54, 1.807) is 29.9 Å². The summed E-state index contributed by atoms with van der Waals surface area (Å²) in [6.07, 6.45) is 0. The average molecular weight is 321 g/mol. The van der Waals surface area contributed by atoms with E-state index < -0.39 is 5.97 Å². The maximum Gasteiger partial charge on any atom is 0.283 e. The van der Waals surface area contributed by atoms with Crippen LogP contribution in [0, 0.1) is 0 Å². The van der Waals surface area contributed by atoms with Crippen molar-refractivity contribution in [2.45, 2.75) is 0 Å². The van der Waals surface area contributed by atoms with Crippen molar-refractivity contribution in [1.29, 1.82) is 0 Å². The Hall–Kier alpha value is -3.41. The Morgan fingerprint density at radius 1 is 1.08 bits per heavy atom. The molecule has 0 saturated carbocycles. The van der Waals surface area contributed by atoms with Gasteiger partial charge in [-0.3, -0.25) is 4.79 Å². The molecule has 0 radical (unpaired) electrons. The van der Waals surface area contributed by atoms with Gasteiger partial charge in [-0.15, -0.1) is 9.78 Å². The molecule has 3 rings (SSSR count). The third-order valence-electron chi connectivity index (χ3n) is 3.60. The molecule has 3 aromatic rings. The molecule has 0 aliphatic rings. The fourth-order valence-corrected chi connectivity index (χ4v) is 2.54. The van der Waals surface area contributed by atoms with Crippen LogP contribution in [0.25, 0.3) is 11.3 Å². The van der Waals surface area contributed by atoms with Crippen molar-refractivity contribution in [3.63, 3.8) is 0 Å². The summed E-state index contributed by atoms with van der Waals surface area (Å²) in [5, 5.41) is 17.1. The van der Waals surface area contributed by atoms with Crippen LogP contribution in [0.3, 0.4) is 0 Å². The van der Waals surface area contributed by atoms with Gasteiger partial charge in [-0.05, 0) is 18.2 Å². The van der Waals surface area contributed by atoms with Gasteiger partial charge < -0.3 is 15.2 Å². The number of carbonyl (C=O) groups is 1. The van der Waals surface area contributed by atoms with Gasteiger partial charge in [0.15, 0.2) is 12.9 Å². The Morgan fingerprint density at radius 3 is 2.42 bits per heavy atom. The van der Waals surface area contributed by atoms with Crippen LogP contribution in [-0.4, -0.2) is 11.1 Å². The van der Waals surface area contributed by atoms with E-state index in [2.05, 4.69) is 10.4 Å². The number of H-pyrrole nitrogens is 1. The van der Waals surface area contributed by atoms with Gasteiger partial charge in [0.1, 0.15) is 0 Å². The third kappa shape index (κ3) is 3.03. The second-order valence-electron chi connectivity index (χ2n) is 5.27. The largest absolute Gasteiger partial charge is 0.545 e. The number of para-hydroxylation sites is 1. The number of hydrogen-bond donors (Lipinski definition) is 2. The van der Waals surface area contributed by atoms with Crippen LogP contribution in [-0.2, 0) is 7.05 Å². The molecule has 0 saturated heterocycles. The zero-order valence-corrected chi connectivity index (χ0v) is 12.9. The van der Waals surface area contributed by atoms with Crippen LogP contribution in [0.4, 0.5) is 11.5 Å². The molecular weight excluding hydrogens is 306 g/mol. The average Bonchev–Trinajstić information content (AvgIpc) is 2.55. The van der Waals surface area contributed by atoms with Crippen LogP contribution < -0.4 is 20.5 Å². The molecule has 0 aliphatic heterocycles. The number of rotatable bonds is 4. The predicted molar refractivity (Wildman–Crippen MR) is 87.7 cm³/mol. The van der Waals surface area contributed by atoms with Gasteiger partial charge in [-0.1, -0.05) is 36.4 Å². The first-order valence-corrected chi connectivity index (χ1v) is 7.32. The molecule has 0 spiro atoms. The smallest absolute Gasteiger partial charge is 0.283 e. The topological polar surface area (TPSA) is 88.9 Å². The van der Waals surface area contributed by atoms with E-state index in [1.807, 2.05) is 30.3 Å². The lowest BCUT2D eigenvalue weighted by Gasteiger charge is -2.12. The lowest BCUT2D eigenvalue weighted by atomic mass is 10.1. The van der Waals surface area contributed by atoms with Crippen molar-refractivity contribution in [2.75, 3.05) is 5.32 Å². The predicted octanol–water partition coefficient (Wildman–Crippen LogP) is 0.973. The number of benzene rings is 2. The molecule has 0 bridgehead atoms. The molecule has 0 aliphatic carbocycles. The third-order valence-corrected chi connectivity index (χ3v) is 3.60. The molecule has 2 N–H and O–H groups in total. The highest BCUT2D eigenvalue weighted by Gasteiger charge is 2.17. The Morgan fingerprint density at radius 2 is 1.75 bits per heavy atom. The monoisotopic (exact) mass is 321 g/mol. The molecule has 0 fully saturated rings. The van der Waals surface area contributed by atoms with Gasteiger partial charge >= 0.3 is 0 Å². The highest BCUT2D eigenvalue weighted by molar-refractivity contribution is 5.93. The summed E-state index contributed by atoms with van der Waals surface area (Å²) < 4.78 is 1.60. The van der Waals surface area contributed by atoms with E-state index in [1.165, 1.54) is 12.1 Å². The maximum atomic E-state index is 12.5. The van der Waals surface area contributed by atoms with Crippen LogP contribution in [0.2, 0.25) is 0 Å². The molecule has 0 unspecified atom stereocenters. The van der Waals surface area contributed by atoms with Crippen molar-refractivity contribution < 1.29 is 14.6 Å². The number of hydrogen-bond acceptors (Lipinski definition) is 4. The van der Waals surface area contributed by atoms with Gasteiger partial charge in [0.2, 0.25) is 0 Å². The Labute approximate surface area is 138 Å². The van der Waals surface area contributed by atoms with Gasteiger partial charge in [-0.2, -0.15) is 0 Å². The standard InChI is InChI=1S/C18H15N3O3/c1-21-17(12-7-3-2-4-8-12)15(22)11-16(20-21)19-14-10-6-5-9-13(14)18(23)24/h2-11H,1H3,(H2-,19,20,22,23,24). The molecule has 6 nitrogen and oxygen atoms in total. The lowest BCUT2D eigenvalue weighted by molar-refractivity contribution is -0.719. The summed E-state index contributed by atoms with van der Waals surface area (Å²) in [6.45, 7) is 0. The van der Waals surface area contributed by atoms with Crippen molar-refractivity contribution in [1.82, 2.24) is 5.10 Å². The van der Waals surface area contributed by atoms with E-state index in [-0.39, 0.29) is 11.0 Å². The highest BCUT2D eigenvalue weighted by atomic mass is 16.4. The minimum atomic E-state index is -1.29. The van der Waals surface area contributed by atoms with Crippen molar-refractivity contribution in [3.05, 3.63) is 76.5 Å². The number of carbonyl (C=O) groups excluding carboxylic acids is 1. The molecule has 1 heterocycles. The number of anilines is 2. The Kier molecular flexibility index (Phi) is 4.11. The number of aromatic amines is 1. The van der Waals surface area contributed by atoms with E-state index in [0.29, 0.717) is 17.2 Å². The minimum Gasteiger partial charge on any atom is -0.545 e. The first kappa shape index (κ1) is 15.5. The fraction of sp³-hybridized carbons (Fsp3) is 0.0556. The number of carboxylic acids is 1. The van der Waals surface area contributed by atoms with Crippen LogP contribution in [0.1, 0.15) is 10.4 Å². The molecule has 24 heavy (non-hydrogen) atoms. The zero-order valence-electron chi connectivity index (χ0n) is 12.9. The van der Waals surface area contributed by atoms with Crippen LogP contribution in [0.5, 0.6) is 0 Å². The fourth-order valence-electron chi connectivity index (χ4n) is 2.54. The van der Waals surface area contributed by atoms with Crippen molar-refractivity contribution in [2.24, 2.45) is 7.05 Å². The van der Waals surface area contributed by atoms with E-state index in [9.17, 15) is 14.7 Å². The second-order valence-corrected chi connectivity index (χ2v) is 5.27. The van der Waals surface area contributed by atoms with Gasteiger partial charge in [0, 0.05) is 17.3 Å². The summed E-state index contributed by atoms with van der Waals surface area (Å²) in [5.74, 6) is -0.901. The number of aromatic carboxylic acids is 1. The van der Waals surface area contributed by atoms with Crippen molar-refractivity contribution >= 4 is 17.5 Å². The van der Waals surface area contributed by atoms with E-state index in [4.69, 9.17) is 0 Å². The summed E-state index contributed by atoms with van der Waals surface area (Å²) in [5.41, 5.74) is 1.49. The highest BCUT2D eigenvalue weighted by Crippen LogP contribution is 2.18. The zero-order chi connectivity index (χ0) is 17.1. The normalized spacial score (nSPS) is 10.4. The Balaban J connectivity index is 2.01. The first-order chi connectivity index (χ1) is 11.6. The van der Waals surface area contributed by atoms with Crippen LogP contribution in [0.15, 0.2) is 65.5 Å². The first-order valence-electron chi connectivity index (χ1n) is 7.32. The molecule has 0 amide bonds. The molecule has 0 atom stereocenters. The molecule has 2 aromatic carbocycles. The Bertz CT molecular complexity index is 949. The summed E-state index contributed by atoms with van der Waals surface area (Å²) in [6, 6.07) is 17.0. The SMILES string of the molecule is C[n+]1[nH]c(Nc2ccccc2C(=O)[O-])cc(=O)c1-c1ccccc1. The number of carboxylic acid groups (broad SMARTS) is 1. The van der Waals surface area contributed by atoms with Gasteiger partial charge in [0.05, 0.1) is 11.5 Å². The van der Waals surface area contributed by atoms with Gasteiger partial charge in [-0.25, -0.2) is 0 Å². The number of nitrogens with zero attached hydrogens (tertiary/aromatic N) is 1. The van der Waals surface area contributed by atoms with E-state index in [0.717, 1.165) is 5.56 Å².